The molecule has 1 atom stereocenters. The molecule has 33 heavy (non-hydrogen) atoms. The van der Waals surface area contributed by atoms with Crippen LogP contribution in [0.15, 0.2) is 91.0 Å². The normalized spacial score (nSPS) is 15.7. The quantitative estimate of drug-likeness (QED) is 0.308. The van der Waals surface area contributed by atoms with Gasteiger partial charge in [0, 0.05) is 12.5 Å². The molecule has 164 valence electrons. The topological polar surface area (TPSA) is 18.5 Å². The van der Waals surface area contributed by atoms with Crippen molar-refractivity contribution in [2.75, 3.05) is 19.8 Å². The molecule has 2 aliphatic carbocycles. The molecule has 0 saturated heterocycles. The van der Waals surface area contributed by atoms with Crippen LogP contribution in [-0.2, 0) is 15.9 Å². The van der Waals surface area contributed by atoms with Crippen molar-refractivity contribution in [1.82, 2.24) is 0 Å². The van der Waals surface area contributed by atoms with Crippen molar-refractivity contribution in [2.45, 2.75) is 25.4 Å². The van der Waals surface area contributed by atoms with Gasteiger partial charge in [-0.15, -0.1) is 0 Å². The molecule has 4 aromatic carbocycles. The lowest BCUT2D eigenvalue weighted by molar-refractivity contribution is 0.0856. The Morgan fingerprint density at radius 3 is 1.94 bits per heavy atom. The van der Waals surface area contributed by atoms with Gasteiger partial charge in [0.1, 0.15) is 6.10 Å². The van der Waals surface area contributed by atoms with E-state index in [9.17, 15) is 0 Å². The highest BCUT2D eigenvalue weighted by Crippen LogP contribution is 2.47. The van der Waals surface area contributed by atoms with Crippen molar-refractivity contribution < 1.29 is 9.47 Å². The second kappa shape index (κ2) is 8.62. The predicted molar refractivity (Wildman–Crippen MR) is 134 cm³/mol. The van der Waals surface area contributed by atoms with Crippen LogP contribution in [0.4, 0.5) is 0 Å². The van der Waals surface area contributed by atoms with E-state index in [2.05, 4.69) is 97.9 Å². The molecule has 1 unspecified atom stereocenters. The van der Waals surface area contributed by atoms with E-state index in [4.69, 9.17) is 9.47 Å². The van der Waals surface area contributed by atoms with Crippen LogP contribution in [0.2, 0.25) is 0 Å². The molecule has 0 bridgehead atoms. The van der Waals surface area contributed by atoms with Gasteiger partial charge < -0.3 is 9.47 Å². The number of rotatable bonds is 7. The summed E-state index contributed by atoms with van der Waals surface area (Å²) in [5.41, 5.74) is 12.0. The lowest BCUT2D eigenvalue weighted by Gasteiger charge is -2.17. The molecule has 0 radical (unpaired) electrons. The lowest BCUT2D eigenvalue weighted by atomic mass is 9.95. The van der Waals surface area contributed by atoms with E-state index < -0.39 is 0 Å². The zero-order valence-electron chi connectivity index (χ0n) is 19.0. The summed E-state index contributed by atoms with van der Waals surface area (Å²) in [5.74, 6) is 0.311. The van der Waals surface area contributed by atoms with Crippen molar-refractivity contribution in [2.24, 2.45) is 0 Å². The van der Waals surface area contributed by atoms with Gasteiger partial charge in [-0.2, -0.15) is 0 Å². The molecule has 2 aliphatic rings. The van der Waals surface area contributed by atoms with Gasteiger partial charge in [0.25, 0.3) is 0 Å². The second-order valence-corrected chi connectivity index (χ2v) is 8.86. The highest BCUT2D eigenvalue weighted by Gasteiger charge is 2.31. The minimum Gasteiger partial charge on any atom is -0.381 e. The maximum atomic E-state index is 6.57. The maximum Gasteiger partial charge on any atom is 0.109 e. The van der Waals surface area contributed by atoms with Crippen LogP contribution in [0.1, 0.15) is 46.8 Å². The summed E-state index contributed by atoms with van der Waals surface area (Å²) in [6, 6.07) is 32.8. The molecule has 0 aromatic heterocycles. The Morgan fingerprint density at radius 2 is 1.24 bits per heavy atom. The molecule has 2 nitrogen and oxygen atoms in total. The van der Waals surface area contributed by atoms with E-state index in [1.807, 2.05) is 0 Å². The summed E-state index contributed by atoms with van der Waals surface area (Å²) < 4.78 is 12.4. The van der Waals surface area contributed by atoms with Crippen LogP contribution >= 0.6 is 0 Å². The Bertz CT molecular complexity index is 1260. The molecule has 6 rings (SSSR count). The molecule has 0 saturated carbocycles. The molecule has 0 spiro atoms. The highest BCUT2D eigenvalue weighted by molar-refractivity contribution is 5.81. The smallest absolute Gasteiger partial charge is 0.109 e. The minimum absolute atomic E-state index is 0.00662. The third-order valence-electron chi connectivity index (χ3n) is 7.09. The Balaban J connectivity index is 1.27. The van der Waals surface area contributed by atoms with Gasteiger partial charge in [0.15, 0.2) is 0 Å². The molecule has 0 N–H and O–H groups in total. The minimum atomic E-state index is 0.00662. The van der Waals surface area contributed by atoms with Crippen LogP contribution in [-0.4, -0.2) is 19.8 Å². The maximum absolute atomic E-state index is 6.57. The fourth-order valence-electron chi connectivity index (χ4n) is 5.63. The molecule has 4 aromatic rings. The Labute approximate surface area is 195 Å². The van der Waals surface area contributed by atoms with E-state index in [0.717, 1.165) is 19.6 Å². The Kier molecular flexibility index (Phi) is 5.33. The molecule has 0 aliphatic heterocycles. The molecule has 0 heterocycles. The summed E-state index contributed by atoms with van der Waals surface area (Å²) in [6.45, 7) is 4.22. The van der Waals surface area contributed by atoms with Gasteiger partial charge in [-0.1, -0.05) is 91.0 Å². The van der Waals surface area contributed by atoms with Gasteiger partial charge >= 0.3 is 0 Å². The first kappa shape index (κ1) is 20.4. The number of ether oxygens (including phenoxy) is 2. The molecule has 0 fully saturated rings. The first-order valence-electron chi connectivity index (χ1n) is 12.0. The van der Waals surface area contributed by atoms with Crippen molar-refractivity contribution in [3.05, 3.63) is 119 Å². The third-order valence-corrected chi connectivity index (χ3v) is 7.09. The molecule has 0 amide bonds. The summed E-state index contributed by atoms with van der Waals surface area (Å²) in [5, 5.41) is 0. The summed E-state index contributed by atoms with van der Waals surface area (Å²) in [4.78, 5) is 0. The van der Waals surface area contributed by atoms with E-state index >= 15 is 0 Å². The van der Waals surface area contributed by atoms with Gasteiger partial charge in [0.2, 0.25) is 0 Å². The summed E-state index contributed by atoms with van der Waals surface area (Å²) in [6.07, 6.45) is 0.895. The van der Waals surface area contributed by atoms with E-state index in [0.29, 0.717) is 12.5 Å². The van der Waals surface area contributed by atoms with Crippen LogP contribution < -0.4 is 0 Å². The Morgan fingerprint density at radius 1 is 0.636 bits per heavy atom. The van der Waals surface area contributed by atoms with Crippen molar-refractivity contribution >= 4 is 0 Å². The van der Waals surface area contributed by atoms with Gasteiger partial charge in [-0.25, -0.2) is 0 Å². The summed E-state index contributed by atoms with van der Waals surface area (Å²) >= 11 is 0. The zero-order chi connectivity index (χ0) is 22.2. The SMILES string of the molecule is CCOCC1c2ccccc2-c2c(CCOC3c4ccccc4-c4ccccc43)cccc21. The Hall–Kier alpha value is -3.20. The van der Waals surface area contributed by atoms with Gasteiger partial charge in [-0.3, -0.25) is 0 Å². The fraction of sp³-hybridized carbons (Fsp3) is 0.226. The molecular formula is C31H28O2. The van der Waals surface area contributed by atoms with Crippen LogP contribution in [0.25, 0.3) is 22.3 Å². The van der Waals surface area contributed by atoms with E-state index in [1.165, 1.54) is 50.1 Å². The monoisotopic (exact) mass is 432 g/mol. The summed E-state index contributed by atoms with van der Waals surface area (Å²) in [7, 11) is 0. The van der Waals surface area contributed by atoms with Crippen LogP contribution in [0.3, 0.4) is 0 Å². The number of benzene rings is 4. The lowest BCUT2D eigenvalue weighted by Crippen LogP contribution is -2.08. The van der Waals surface area contributed by atoms with Crippen molar-refractivity contribution in [3.8, 4) is 22.3 Å². The highest BCUT2D eigenvalue weighted by atomic mass is 16.5. The van der Waals surface area contributed by atoms with Gasteiger partial charge in [-0.05, 0) is 63.4 Å². The average Bonchev–Trinajstić information content (AvgIpc) is 3.36. The van der Waals surface area contributed by atoms with Crippen LogP contribution in [0, 0.1) is 0 Å². The molecular weight excluding hydrogens is 404 g/mol. The first-order chi connectivity index (χ1) is 16.4. The van der Waals surface area contributed by atoms with Crippen LogP contribution in [0.5, 0.6) is 0 Å². The fourth-order valence-corrected chi connectivity index (χ4v) is 5.63. The number of hydrogen-bond acceptors (Lipinski definition) is 2. The van der Waals surface area contributed by atoms with Gasteiger partial charge in [0.05, 0.1) is 13.2 Å². The second-order valence-electron chi connectivity index (χ2n) is 8.86. The number of fused-ring (bicyclic) bond motifs is 6. The van der Waals surface area contributed by atoms with Crippen molar-refractivity contribution in [3.63, 3.8) is 0 Å². The zero-order valence-corrected chi connectivity index (χ0v) is 19.0. The van der Waals surface area contributed by atoms with Crippen molar-refractivity contribution in [1.29, 1.82) is 0 Å². The molecule has 2 heteroatoms. The van der Waals surface area contributed by atoms with E-state index in [-0.39, 0.29) is 6.10 Å². The van der Waals surface area contributed by atoms with E-state index in [1.54, 1.807) is 0 Å². The largest absolute Gasteiger partial charge is 0.381 e. The average molecular weight is 433 g/mol. The predicted octanol–water partition coefficient (Wildman–Crippen LogP) is 7.16. The first-order valence-corrected chi connectivity index (χ1v) is 12.0. The number of hydrogen-bond donors (Lipinski definition) is 0. The third kappa shape index (κ3) is 3.42. The standard InChI is InChI=1S/C31H28O2/c1-2-32-20-29-24-13-3-6-14-25(24)30-21(10-9-17-26(29)30)18-19-33-31-27-15-7-4-11-22(27)23-12-5-8-16-28(23)31/h3-17,29,31H,2,18-20H2,1H3.